The third-order valence-electron chi connectivity index (χ3n) is 4.93. The van der Waals surface area contributed by atoms with E-state index in [0.717, 1.165) is 19.3 Å². The molecular formula is C16H27NO4. The Kier molecular flexibility index (Phi) is 5.48. The van der Waals surface area contributed by atoms with Crippen LogP contribution in [0.2, 0.25) is 0 Å². The van der Waals surface area contributed by atoms with Crippen LogP contribution in [0.4, 0.5) is 4.79 Å². The molecule has 2 aliphatic rings. The van der Waals surface area contributed by atoms with Crippen molar-refractivity contribution < 1.29 is 19.4 Å². The molecule has 21 heavy (non-hydrogen) atoms. The first-order valence-corrected chi connectivity index (χ1v) is 8.17. The van der Waals surface area contributed by atoms with E-state index in [1.54, 1.807) is 0 Å². The van der Waals surface area contributed by atoms with E-state index in [1.165, 1.54) is 19.3 Å². The molecule has 0 spiro atoms. The summed E-state index contributed by atoms with van der Waals surface area (Å²) >= 11 is 0. The molecule has 0 aromatic carbocycles. The van der Waals surface area contributed by atoms with Crippen molar-refractivity contribution in [1.82, 2.24) is 5.32 Å². The number of hydrogen-bond donors (Lipinski definition) is 2. The Morgan fingerprint density at radius 3 is 2.52 bits per heavy atom. The second-order valence-electron chi connectivity index (χ2n) is 6.86. The van der Waals surface area contributed by atoms with Gasteiger partial charge in [-0.1, -0.05) is 46.0 Å². The number of carbonyl (C=O) groups is 2. The Morgan fingerprint density at radius 1 is 1.33 bits per heavy atom. The molecule has 1 aliphatic carbocycles. The number of rotatable bonds is 5. The lowest BCUT2D eigenvalue weighted by atomic mass is 9.82. The minimum Gasteiger partial charge on any atom is -0.465 e. The molecule has 2 fully saturated rings. The summed E-state index contributed by atoms with van der Waals surface area (Å²) in [5.74, 6) is 0.519. The zero-order valence-electron chi connectivity index (χ0n) is 13.0. The molecule has 1 saturated carbocycles. The molecule has 120 valence electrons. The van der Waals surface area contributed by atoms with E-state index in [2.05, 4.69) is 5.32 Å². The smallest absolute Gasteiger partial charge is 0.405 e. The fourth-order valence-electron chi connectivity index (χ4n) is 3.67. The minimum absolute atomic E-state index is 0.0977. The second-order valence-corrected chi connectivity index (χ2v) is 6.86. The van der Waals surface area contributed by atoms with Crippen LogP contribution in [0.1, 0.15) is 58.8 Å². The number of carboxylic acid groups (broad SMARTS) is 1. The summed E-state index contributed by atoms with van der Waals surface area (Å²) in [5, 5.41) is 11.7. The minimum atomic E-state index is -1.03. The normalized spacial score (nSPS) is 28.4. The van der Waals surface area contributed by atoms with Gasteiger partial charge in [0.05, 0.1) is 12.0 Å². The van der Waals surface area contributed by atoms with Gasteiger partial charge in [-0.05, 0) is 24.7 Å². The predicted molar refractivity (Wildman–Crippen MR) is 79.0 cm³/mol. The van der Waals surface area contributed by atoms with Gasteiger partial charge in [0.15, 0.2) is 0 Å². The fourth-order valence-corrected chi connectivity index (χ4v) is 3.67. The van der Waals surface area contributed by atoms with Crippen molar-refractivity contribution in [2.45, 2.75) is 70.9 Å². The van der Waals surface area contributed by atoms with Crippen molar-refractivity contribution in [3.63, 3.8) is 0 Å². The van der Waals surface area contributed by atoms with Crippen molar-refractivity contribution in [3.8, 4) is 0 Å². The monoisotopic (exact) mass is 297 g/mol. The molecule has 1 saturated heterocycles. The maximum atomic E-state index is 11.9. The SMILES string of the molecule is CC(C)C1CC(C(CC2CCCCC2)NC(=O)O)OC1=O. The molecule has 2 N–H and O–H groups in total. The van der Waals surface area contributed by atoms with E-state index in [1.807, 2.05) is 13.8 Å². The van der Waals surface area contributed by atoms with E-state index in [-0.39, 0.29) is 30.0 Å². The van der Waals surface area contributed by atoms with Gasteiger partial charge >= 0.3 is 12.1 Å². The van der Waals surface area contributed by atoms with Crippen molar-refractivity contribution >= 4 is 12.1 Å². The van der Waals surface area contributed by atoms with Gasteiger partial charge in [0.1, 0.15) is 6.10 Å². The van der Waals surface area contributed by atoms with E-state index >= 15 is 0 Å². The molecule has 0 aromatic heterocycles. The molecule has 0 aromatic rings. The lowest BCUT2D eigenvalue weighted by Gasteiger charge is -2.29. The van der Waals surface area contributed by atoms with Crippen molar-refractivity contribution in [2.75, 3.05) is 0 Å². The van der Waals surface area contributed by atoms with Crippen LogP contribution in [0.3, 0.4) is 0 Å². The highest BCUT2D eigenvalue weighted by atomic mass is 16.6. The third-order valence-corrected chi connectivity index (χ3v) is 4.93. The van der Waals surface area contributed by atoms with Gasteiger partial charge < -0.3 is 15.2 Å². The summed E-state index contributed by atoms with van der Waals surface area (Å²) in [7, 11) is 0. The lowest BCUT2D eigenvalue weighted by molar-refractivity contribution is -0.146. The van der Waals surface area contributed by atoms with Gasteiger partial charge in [-0.2, -0.15) is 0 Å². The third kappa shape index (κ3) is 4.35. The Bertz CT molecular complexity index is 376. The van der Waals surface area contributed by atoms with Gasteiger partial charge in [-0.25, -0.2) is 4.79 Å². The summed E-state index contributed by atoms with van der Waals surface area (Å²) in [6, 6.07) is -0.265. The number of nitrogens with one attached hydrogen (secondary N) is 1. The van der Waals surface area contributed by atoms with Gasteiger partial charge in [-0.15, -0.1) is 0 Å². The van der Waals surface area contributed by atoms with Gasteiger partial charge in [0.25, 0.3) is 0 Å². The first-order chi connectivity index (χ1) is 9.97. The predicted octanol–water partition coefficient (Wildman–Crippen LogP) is 3.18. The second kappa shape index (κ2) is 7.14. The number of hydrogen-bond acceptors (Lipinski definition) is 3. The van der Waals surface area contributed by atoms with Crippen molar-refractivity contribution in [3.05, 3.63) is 0 Å². The molecule has 5 nitrogen and oxygen atoms in total. The van der Waals surface area contributed by atoms with Gasteiger partial charge in [0.2, 0.25) is 0 Å². The maximum Gasteiger partial charge on any atom is 0.405 e. The highest BCUT2D eigenvalue weighted by molar-refractivity contribution is 5.75. The quantitative estimate of drug-likeness (QED) is 0.764. The first kappa shape index (κ1) is 16.1. The summed E-state index contributed by atoms with van der Waals surface area (Å²) in [6.07, 6.45) is 6.14. The summed E-state index contributed by atoms with van der Waals surface area (Å²) in [6.45, 7) is 4.02. The molecule has 3 unspecified atom stereocenters. The standard InChI is InChI=1S/C16H27NO4/c1-10(2)12-9-14(21-15(12)18)13(17-16(19)20)8-11-6-4-3-5-7-11/h10-14,17H,3-9H2,1-2H3,(H,19,20). The van der Waals surface area contributed by atoms with E-state index in [4.69, 9.17) is 9.84 Å². The van der Waals surface area contributed by atoms with Crippen LogP contribution in [0, 0.1) is 17.8 Å². The average molecular weight is 297 g/mol. The zero-order valence-corrected chi connectivity index (χ0v) is 13.0. The first-order valence-electron chi connectivity index (χ1n) is 8.17. The lowest BCUT2D eigenvalue weighted by Crippen LogP contribution is -2.44. The van der Waals surface area contributed by atoms with Crippen molar-refractivity contribution in [2.24, 2.45) is 17.8 Å². The van der Waals surface area contributed by atoms with Crippen molar-refractivity contribution in [1.29, 1.82) is 0 Å². The van der Waals surface area contributed by atoms with Gasteiger partial charge in [0, 0.05) is 0 Å². The molecular weight excluding hydrogens is 270 g/mol. The van der Waals surface area contributed by atoms with E-state index < -0.39 is 6.09 Å². The summed E-state index contributed by atoms with van der Waals surface area (Å²) in [4.78, 5) is 23.0. The molecule has 1 aliphatic heterocycles. The maximum absolute atomic E-state index is 11.9. The number of esters is 1. The number of amides is 1. The van der Waals surface area contributed by atoms with Crippen LogP contribution in [0.5, 0.6) is 0 Å². The highest BCUT2D eigenvalue weighted by Crippen LogP contribution is 2.33. The van der Waals surface area contributed by atoms with E-state index in [0.29, 0.717) is 12.3 Å². The van der Waals surface area contributed by atoms with E-state index in [9.17, 15) is 9.59 Å². The van der Waals surface area contributed by atoms with Crippen LogP contribution in [-0.2, 0) is 9.53 Å². The topological polar surface area (TPSA) is 75.6 Å². The highest BCUT2D eigenvalue weighted by Gasteiger charge is 2.41. The average Bonchev–Trinajstić information content (AvgIpc) is 2.81. The van der Waals surface area contributed by atoms with Crippen LogP contribution in [0.15, 0.2) is 0 Å². The Hall–Kier alpha value is -1.26. The fraction of sp³-hybridized carbons (Fsp3) is 0.875. The van der Waals surface area contributed by atoms with Gasteiger partial charge in [-0.3, -0.25) is 4.79 Å². The number of ether oxygens (including phenoxy) is 1. The number of carbonyl (C=O) groups excluding carboxylic acids is 1. The Labute approximate surface area is 126 Å². The van der Waals surface area contributed by atoms with Crippen LogP contribution in [0.25, 0.3) is 0 Å². The Morgan fingerprint density at radius 2 is 2.00 bits per heavy atom. The zero-order chi connectivity index (χ0) is 15.4. The largest absolute Gasteiger partial charge is 0.465 e. The molecule has 2 rings (SSSR count). The molecule has 0 bridgehead atoms. The molecule has 5 heteroatoms. The van der Waals surface area contributed by atoms with Crippen LogP contribution < -0.4 is 5.32 Å². The van der Waals surface area contributed by atoms with Crippen LogP contribution in [-0.4, -0.2) is 29.3 Å². The van der Waals surface area contributed by atoms with Crippen LogP contribution >= 0.6 is 0 Å². The molecule has 0 radical (unpaired) electrons. The summed E-state index contributed by atoms with van der Waals surface area (Å²) in [5.41, 5.74) is 0. The Balaban J connectivity index is 1.98. The number of cyclic esters (lactones) is 1. The molecule has 3 atom stereocenters. The molecule has 1 amide bonds. The summed E-state index contributed by atoms with van der Waals surface area (Å²) < 4.78 is 5.48. The molecule has 1 heterocycles.